The molecule has 10 aromatic carbocycles. The highest BCUT2D eigenvalue weighted by Crippen LogP contribution is 2.57. The molecule has 1 aliphatic heterocycles. The third-order valence-corrected chi connectivity index (χ3v) is 15.4. The lowest BCUT2D eigenvalue weighted by Gasteiger charge is -2.34. The monoisotopic (exact) mass is 934 g/mol. The highest BCUT2D eigenvalue weighted by Gasteiger charge is 2.33. The first-order valence-corrected chi connectivity index (χ1v) is 25.2. The van der Waals surface area contributed by atoms with E-state index in [2.05, 4.69) is 236 Å². The second kappa shape index (κ2) is 14.9. The predicted molar refractivity (Wildman–Crippen MR) is 303 cm³/mol. The summed E-state index contributed by atoms with van der Waals surface area (Å²) >= 11 is 0. The molecule has 1 aliphatic rings. The molecule has 0 saturated carbocycles. The van der Waals surface area contributed by atoms with Crippen LogP contribution in [0.5, 0.6) is 0 Å². The van der Waals surface area contributed by atoms with Crippen LogP contribution in [-0.2, 0) is 10.8 Å². The molecule has 72 heavy (non-hydrogen) atoms. The molecule has 0 bridgehead atoms. The second-order valence-electron chi connectivity index (χ2n) is 22.3. The zero-order valence-electron chi connectivity index (χ0n) is 42.2. The minimum atomic E-state index is -0.112. The number of hydrogen-bond donors (Lipinski definition) is 0. The number of fused-ring (bicyclic) bond motifs is 14. The molecule has 0 radical (unpaired) electrons. The third kappa shape index (κ3) is 6.00. The van der Waals surface area contributed by atoms with E-state index in [1.165, 1.54) is 33.4 Å². The average molecular weight is 935 g/mol. The summed E-state index contributed by atoms with van der Waals surface area (Å²) in [5.74, 6) is 0. The van der Waals surface area contributed by atoms with Gasteiger partial charge >= 0.3 is 0 Å². The molecule has 4 heterocycles. The fourth-order valence-electron chi connectivity index (χ4n) is 12.0. The molecule has 0 amide bonds. The van der Waals surface area contributed by atoms with Gasteiger partial charge in [0.15, 0.2) is 11.2 Å². The molecule has 0 unspecified atom stereocenters. The van der Waals surface area contributed by atoms with Crippen molar-refractivity contribution in [2.45, 2.75) is 73.1 Å². The Balaban J connectivity index is 1.09. The first-order valence-electron chi connectivity index (χ1n) is 25.2. The molecule has 13 aromatic rings. The van der Waals surface area contributed by atoms with Gasteiger partial charge in [-0.1, -0.05) is 169 Å². The van der Waals surface area contributed by atoms with Crippen LogP contribution in [0.4, 0.5) is 34.1 Å². The van der Waals surface area contributed by atoms with E-state index in [0.29, 0.717) is 0 Å². The number of para-hydroxylation sites is 4. The van der Waals surface area contributed by atoms with Crippen LogP contribution in [0.1, 0.15) is 69.4 Å². The fraction of sp³-hybridized carbons (Fsp3) is 0.164. The lowest BCUT2D eigenvalue weighted by atomic mass is 9.86. The summed E-state index contributed by atoms with van der Waals surface area (Å²) in [6.07, 6.45) is 0. The zero-order valence-corrected chi connectivity index (χ0v) is 42.2. The lowest BCUT2D eigenvalue weighted by molar-refractivity contribution is 0.572. The minimum absolute atomic E-state index is 0.105. The molecule has 5 nitrogen and oxygen atoms in total. The van der Waals surface area contributed by atoms with Crippen molar-refractivity contribution in [3.05, 3.63) is 192 Å². The standard InChI is InChI=1S/C67H54N2O3/c1-37-29-31-39(3)55(33-37)68(53-27-15-22-46-44-20-13-25-51(66(4,5)6)62(44)71-64(46)53)57-35-49-50-36-58-59-42(19-12-24-48(59)61(50)70-60(49)43-18-11-10-17-40(43)57)41-32-30-38(2)34-56(41)69(58)54-28-16-23-47-45-21-14-26-52(67(7,8)9)63(45)72-65(47)54/h10-36H,1-9H3. The van der Waals surface area contributed by atoms with E-state index < -0.39 is 0 Å². The van der Waals surface area contributed by atoms with E-state index in [9.17, 15) is 0 Å². The van der Waals surface area contributed by atoms with Crippen LogP contribution in [-0.4, -0.2) is 0 Å². The molecular formula is C67H54N2O3. The Bertz CT molecular complexity index is 4470. The predicted octanol–water partition coefficient (Wildman–Crippen LogP) is 20.1. The molecule has 0 atom stereocenters. The van der Waals surface area contributed by atoms with Gasteiger partial charge in [-0.3, -0.25) is 0 Å². The van der Waals surface area contributed by atoms with E-state index in [-0.39, 0.29) is 10.8 Å². The van der Waals surface area contributed by atoms with Crippen LogP contribution < -0.4 is 9.80 Å². The maximum atomic E-state index is 7.33. The summed E-state index contributed by atoms with van der Waals surface area (Å²) in [5.41, 5.74) is 19.7. The number of furan rings is 3. The van der Waals surface area contributed by atoms with E-state index >= 15 is 0 Å². The molecule has 5 heteroatoms. The molecule has 0 fully saturated rings. The van der Waals surface area contributed by atoms with Crippen LogP contribution in [0.15, 0.2) is 177 Å². The summed E-state index contributed by atoms with van der Waals surface area (Å²) in [7, 11) is 0. The number of nitrogens with zero attached hydrogens (tertiary/aromatic N) is 2. The van der Waals surface area contributed by atoms with E-state index in [1.807, 2.05) is 0 Å². The number of benzene rings is 10. The summed E-state index contributed by atoms with van der Waals surface area (Å²) < 4.78 is 21.7. The van der Waals surface area contributed by atoms with Gasteiger partial charge in [-0.05, 0) is 90.3 Å². The highest BCUT2D eigenvalue weighted by atomic mass is 16.3. The molecule has 0 spiro atoms. The van der Waals surface area contributed by atoms with Gasteiger partial charge < -0.3 is 23.1 Å². The normalized spacial score (nSPS) is 13.0. The van der Waals surface area contributed by atoms with Crippen molar-refractivity contribution in [3.63, 3.8) is 0 Å². The Morgan fingerprint density at radius 2 is 0.875 bits per heavy atom. The van der Waals surface area contributed by atoms with Crippen LogP contribution in [0.25, 0.3) is 98.5 Å². The van der Waals surface area contributed by atoms with Crippen molar-refractivity contribution < 1.29 is 13.3 Å². The molecular weight excluding hydrogens is 881 g/mol. The van der Waals surface area contributed by atoms with Gasteiger partial charge in [0.05, 0.1) is 28.4 Å². The molecule has 0 N–H and O–H groups in total. The topological polar surface area (TPSA) is 45.9 Å². The highest BCUT2D eigenvalue weighted by molar-refractivity contribution is 6.29. The van der Waals surface area contributed by atoms with Gasteiger partial charge in [-0.2, -0.15) is 0 Å². The first-order chi connectivity index (χ1) is 34.7. The number of rotatable bonds is 4. The van der Waals surface area contributed by atoms with Crippen LogP contribution in [0.3, 0.4) is 0 Å². The SMILES string of the molecule is Cc1ccc(C)c(N(c2cc3c4cc5c6c(cccc6c4oc3c3ccccc23)-c2ccc(C)cc2N5c2cccc3c2oc2c(C(C)(C)C)cccc23)c2cccc3c2oc2c(C(C)(C)C)cccc23)c1. The number of aryl methyl sites for hydroxylation is 3. The summed E-state index contributed by atoms with van der Waals surface area (Å²) in [5, 5.41) is 10.9. The fourth-order valence-corrected chi connectivity index (χ4v) is 12.0. The summed E-state index contributed by atoms with van der Waals surface area (Å²) in [6, 6.07) is 60.1. The first kappa shape index (κ1) is 42.6. The molecule has 0 saturated heterocycles. The Morgan fingerprint density at radius 1 is 0.347 bits per heavy atom. The van der Waals surface area contributed by atoms with E-state index in [0.717, 1.165) is 127 Å². The van der Waals surface area contributed by atoms with Crippen LogP contribution in [0, 0.1) is 20.8 Å². The van der Waals surface area contributed by atoms with Gasteiger partial charge in [-0.15, -0.1) is 0 Å². The van der Waals surface area contributed by atoms with E-state index in [4.69, 9.17) is 13.3 Å². The van der Waals surface area contributed by atoms with Crippen LogP contribution >= 0.6 is 0 Å². The smallest absolute Gasteiger partial charge is 0.159 e. The van der Waals surface area contributed by atoms with Crippen molar-refractivity contribution in [2.75, 3.05) is 9.80 Å². The Labute approximate surface area is 418 Å². The average Bonchev–Trinajstić information content (AvgIpc) is 4.07. The second-order valence-corrected chi connectivity index (χ2v) is 22.3. The van der Waals surface area contributed by atoms with Gasteiger partial charge in [-0.25, -0.2) is 0 Å². The summed E-state index contributed by atoms with van der Waals surface area (Å²) in [6.45, 7) is 20.1. The number of hydrogen-bond acceptors (Lipinski definition) is 5. The Morgan fingerprint density at radius 3 is 1.60 bits per heavy atom. The third-order valence-electron chi connectivity index (χ3n) is 15.4. The molecule has 350 valence electrons. The molecule has 3 aromatic heterocycles. The van der Waals surface area contributed by atoms with Crippen molar-refractivity contribution in [1.29, 1.82) is 0 Å². The van der Waals surface area contributed by atoms with Gasteiger partial charge in [0.1, 0.15) is 22.3 Å². The largest absolute Gasteiger partial charge is 0.455 e. The quantitative estimate of drug-likeness (QED) is 0.176. The maximum Gasteiger partial charge on any atom is 0.159 e. The van der Waals surface area contributed by atoms with Crippen LogP contribution in [0.2, 0.25) is 0 Å². The Hall–Kier alpha value is -8.28. The van der Waals surface area contributed by atoms with Crippen molar-refractivity contribution in [1.82, 2.24) is 0 Å². The van der Waals surface area contributed by atoms with Crippen molar-refractivity contribution in [3.8, 4) is 11.1 Å². The molecule has 14 rings (SSSR count). The van der Waals surface area contributed by atoms with E-state index in [1.54, 1.807) is 0 Å². The Kier molecular flexibility index (Phi) is 8.80. The van der Waals surface area contributed by atoms with Gasteiger partial charge in [0, 0.05) is 76.2 Å². The lowest BCUT2D eigenvalue weighted by Crippen LogP contribution is -2.15. The van der Waals surface area contributed by atoms with Gasteiger partial charge in [0.25, 0.3) is 0 Å². The molecule has 0 aliphatic carbocycles. The van der Waals surface area contributed by atoms with Crippen molar-refractivity contribution in [2.24, 2.45) is 0 Å². The minimum Gasteiger partial charge on any atom is -0.455 e. The van der Waals surface area contributed by atoms with Crippen molar-refractivity contribution >= 4 is 121 Å². The van der Waals surface area contributed by atoms with Gasteiger partial charge in [0.2, 0.25) is 0 Å². The number of anilines is 6. The maximum absolute atomic E-state index is 7.33. The summed E-state index contributed by atoms with van der Waals surface area (Å²) in [4.78, 5) is 4.89. The zero-order chi connectivity index (χ0) is 49.1.